The van der Waals surface area contributed by atoms with Crippen molar-refractivity contribution in [3.63, 3.8) is 0 Å². The molecule has 0 heterocycles. The van der Waals surface area contributed by atoms with E-state index in [-0.39, 0.29) is 16.7 Å². The van der Waals surface area contributed by atoms with Crippen molar-refractivity contribution in [2.24, 2.45) is 27.2 Å². The van der Waals surface area contributed by atoms with Crippen LogP contribution in [-0.2, 0) is 15.8 Å². The molecular weight excluding hydrogens is 415 g/mol. The molecule has 0 aliphatic heterocycles. The van der Waals surface area contributed by atoms with E-state index in [0.29, 0.717) is 0 Å². The number of benzene rings is 1. The van der Waals surface area contributed by atoms with Crippen LogP contribution >= 0.6 is 11.6 Å². The first-order valence-corrected chi connectivity index (χ1v) is 7.16. The quantitative estimate of drug-likeness (QED) is 0.241. The smallest absolute Gasteiger partial charge is 0.416 e. The van der Waals surface area contributed by atoms with Crippen molar-refractivity contribution in [3.8, 4) is 0 Å². The van der Waals surface area contributed by atoms with Gasteiger partial charge in [0.25, 0.3) is 0 Å². The normalized spacial score (nSPS) is 13.6. The number of guanidine groups is 2. The molecule has 0 bridgehead atoms. The van der Waals surface area contributed by atoms with Gasteiger partial charge in [0.05, 0.1) is 16.3 Å². The molecule has 0 amide bonds. The molecule has 2 atom stereocenters. The molecule has 0 saturated heterocycles. The third-order valence-electron chi connectivity index (χ3n) is 2.56. The van der Waals surface area contributed by atoms with E-state index in [2.05, 4.69) is 9.98 Å². The van der Waals surface area contributed by atoms with Crippen LogP contribution in [0.3, 0.4) is 0 Å². The van der Waals surface area contributed by atoms with Crippen LogP contribution in [-0.4, -0.2) is 56.5 Å². The second-order valence-corrected chi connectivity index (χ2v) is 5.14. The minimum absolute atomic E-state index is 0.00302. The molecule has 0 fully saturated rings. The maximum atomic E-state index is 12.5. The summed E-state index contributed by atoms with van der Waals surface area (Å²) in [5.74, 6) is -4.29. The van der Waals surface area contributed by atoms with Crippen molar-refractivity contribution in [1.82, 2.24) is 0 Å². The van der Waals surface area contributed by atoms with Gasteiger partial charge in [-0.15, -0.1) is 0 Å². The van der Waals surface area contributed by atoms with E-state index in [1.165, 1.54) is 0 Å². The first kappa shape index (κ1) is 24.9. The average Bonchev–Trinajstić information content (AvgIpc) is 2.54. The number of halogens is 4. The highest BCUT2D eigenvalue weighted by Crippen LogP contribution is 2.34. The predicted octanol–water partition coefficient (Wildman–Crippen LogP) is -0.544. The predicted molar refractivity (Wildman–Crippen MR) is 90.8 cm³/mol. The van der Waals surface area contributed by atoms with Crippen LogP contribution < -0.4 is 17.2 Å². The summed E-state index contributed by atoms with van der Waals surface area (Å²) in [7, 11) is 0. The van der Waals surface area contributed by atoms with E-state index in [9.17, 15) is 22.8 Å². The van der Waals surface area contributed by atoms with Crippen LogP contribution in [0.1, 0.15) is 5.56 Å². The average molecular weight is 430 g/mol. The van der Waals surface area contributed by atoms with Crippen molar-refractivity contribution < 1.29 is 43.2 Å². The Morgan fingerprint density at radius 1 is 1.04 bits per heavy atom. The summed E-state index contributed by atoms with van der Waals surface area (Å²) in [4.78, 5) is 26.5. The summed E-state index contributed by atoms with van der Waals surface area (Å²) < 4.78 is 37.4. The molecule has 10 N–H and O–H groups in total. The number of nitrogens with zero attached hydrogens (tertiary/aromatic N) is 2. The summed E-state index contributed by atoms with van der Waals surface area (Å²) in [6.07, 6.45) is -9.03. The molecule has 28 heavy (non-hydrogen) atoms. The fourth-order valence-corrected chi connectivity index (χ4v) is 1.49. The molecule has 0 saturated carbocycles. The van der Waals surface area contributed by atoms with Gasteiger partial charge >= 0.3 is 18.1 Å². The summed E-state index contributed by atoms with van der Waals surface area (Å²) >= 11 is 5.69. The topological polar surface area (TPSA) is 218 Å². The Kier molecular flexibility index (Phi) is 9.15. The van der Waals surface area contributed by atoms with Crippen LogP contribution in [0.2, 0.25) is 5.02 Å². The largest absolute Gasteiger partial charge is 0.479 e. The molecule has 0 aliphatic carbocycles. The van der Waals surface area contributed by atoms with Gasteiger partial charge in [-0.25, -0.2) is 14.6 Å². The summed E-state index contributed by atoms with van der Waals surface area (Å²) in [6, 6.07) is 2.64. The lowest BCUT2D eigenvalue weighted by atomic mass is 10.2. The number of hydrogen-bond acceptors (Lipinski definition) is 5. The number of carboxylic acids is 2. The number of aliphatic carboxylic acids is 2. The molecule has 0 aliphatic rings. The monoisotopic (exact) mass is 429 g/mol. The maximum absolute atomic E-state index is 12.5. The Balaban J connectivity index is 0.000000621. The fraction of sp³-hybridized carbons (Fsp3) is 0.231. The lowest BCUT2D eigenvalue weighted by Gasteiger charge is -2.08. The fourth-order valence-electron chi connectivity index (χ4n) is 1.33. The minimum atomic E-state index is -4.50. The molecule has 0 aromatic heterocycles. The Bertz CT molecular complexity index is 764. The first-order valence-electron chi connectivity index (χ1n) is 6.79. The van der Waals surface area contributed by atoms with E-state index in [1.807, 2.05) is 0 Å². The summed E-state index contributed by atoms with van der Waals surface area (Å²) in [5.41, 5.74) is 14.3. The Morgan fingerprint density at radius 2 is 1.50 bits per heavy atom. The molecule has 1 aromatic rings. The maximum Gasteiger partial charge on any atom is 0.416 e. The highest BCUT2D eigenvalue weighted by atomic mass is 35.5. The zero-order valence-electron chi connectivity index (χ0n) is 13.6. The molecule has 1 aromatic carbocycles. The molecule has 0 radical (unpaired) electrons. The van der Waals surface area contributed by atoms with Gasteiger partial charge in [-0.05, 0) is 18.2 Å². The second-order valence-electron chi connectivity index (χ2n) is 4.74. The van der Waals surface area contributed by atoms with Crippen LogP contribution in [0, 0.1) is 0 Å². The second kappa shape index (κ2) is 10.3. The van der Waals surface area contributed by atoms with Gasteiger partial charge in [-0.1, -0.05) is 11.6 Å². The molecule has 0 spiro atoms. The van der Waals surface area contributed by atoms with Gasteiger partial charge in [0.15, 0.2) is 18.2 Å². The van der Waals surface area contributed by atoms with Crippen molar-refractivity contribution >= 4 is 41.1 Å². The van der Waals surface area contributed by atoms with Crippen molar-refractivity contribution in [1.29, 1.82) is 0 Å². The molecule has 15 heteroatoms. The number of nitrogens with two attached hydrogens (primary N) is 3. The molecule has 1 rings (SSSR count). The van der Waals surface area contributed by atoms with E-state index in [4.69, 9.17) is 49.2 Å². The number of carbonyl (C=O) groups is 2. The standard InChI is InChI=1S/C9H9ClF3N5.C4H6O6/c10-5-2-1-4(9(11,12)13)3-6(5)17-8(16)18-7(14)15;5-1(3(7)8)2(6)4(9)10/h1-3H,(H6,14,15,16,17,18);1-2,5-6H,(H,7,8)(H,9,10). The number of aliphatic hydroxyl groups is 2. The van der Waals surface area contributed by atoms with Gasteiger partial charge in [0, 0.05) is 0 Å². The number of aliphatic hydroxyl groups excluding tert-OH is 2. The van der Waals surface area contributed by atoms with Gasteiger partial charge < -0.3 is 37.6 Å². The van der Waals surface area contributed by atoms with Crippen LogP contribution in [0.25, 0.3) is 0 Å². The third kappa shape index (κ3) is 8.52. The minimum Gasteiger partial charge on any atom is -0.479 e. The van der Waals surface area contributed by atoms with E-state index in [1.54, 1.807) is 0 Å². The molecule has 11 nitrogen and oxygen atoms in total. The SMILES string of the molecule is NC(N)=NC(N)=Nc1cc(C(F)(F)F)ccc1Cl.O=C(O)C(O)C(O)C(=O)O. The summed E-state index contributed by atoms with van der Waals surface area (Å²) in [6.45, 7) is 0. The van der Waals surface area contributed by atoms with Crippen LogP contribution in [0.4, 0.5) is 18.9 Å². The number of alkyl halides is 3. The first-order chi connectivity index (χ1) is 12.7. The number of aliphatic imine (C=N–C) groups is 2. The highest BCUT2D eigenvalue weighted by Gasteiger charge is 2.31. The Labute approximate surface area is 159 Å². The van der Waals surface area contributed by atoms with Gasteiger partial charge in [0.1, 0.15) is 0 Å². The van der Waals surface area contributed by atoms with Gasteiger partial charge in [0.2, 0.25) is 5.96 Å². The van der Waals surface area contributed by atoms with E-state index >= 15 is 0 Å². The van der Waals surface area contributed by atoms with Crippen LogP contribution in [0.5, 0.6) is 0 Å². The van der Waals surface area contributed by atoms with Crippen molar-refractivity contribution in [3.05, 3.63) is 28.8 Å². The summed E-state index contributed by atoms with van der Waals surface area (Å²) in [5, 5.41) is 32.5. The third-order valence-corrected chi connectivity index (χ3v) is 2.88. The highest BCUT2D eigenvalue weighted by molar-refractivity contribution is 6.33. The zero-order chi connectivity index (χ0) is 22.2. The van der Waals surface area contributed by atoms with E-state index in [0.717, 1.165) is 18.2 Å². The zero-order valence-corrected chi connectivity index (χ0v) is 14.4. The number of carboxylic acid groups (broad SMARTS) is 2. The number of rotatable bonds is 4. The van der Waals surface area contributed by atoms with E-state index < -0.39 is 41.8 Å². The number of hydrogen-bond donors (Lipinski definition) is 7. The van der Waals surface area contributed by atoms with Crippen molar-refractivity contribution in [2.45, 2.75) is 18.4 Å². The Hall–Kier alpha value is -3.10. The van der Waals surface area contributed by atoms with Crippen LogP contribution in [0.15, 0.2) is 28.2 Å². The lowest BCUT2D eigenvalue weighted by molar-refractivity contribution is -0.165. The molecular formula is C13H15ClF3N5O6. The Morgan fingerprint density at radius 3 is 1.86 bits per heavy atom. The van der Waals surface area contributed by atoms with Crippen molar-refractivity contribution in [2.75, 3.05) is 0 Å². The lowest BCUT2D eigenvalue weighted by Crippen LogP contribution is -2.39. The molecule has 156 valence electrons. The van der Waals surface area contributed by atoms with Gasteiger partial charge in [-0.3, -0.25) is 0 Å². The van der Waals surface area contributed by atoms with Gasteiger partial charge in [-0.2, -0.15) is 18.2 Å². The molecule has 2 unspecified atom stereocenters.